The first-order chi connectivity index (χ1) is 9.63. The molecule has 1 atom stereocenters. The van der Waals surface area contributed by atoms with Gasteiger partial charge in [-0.15, -0.1) is 11.3 Å². The fourth-order valence-corrected chi connectivity index (χ4v) is 7.08. The number of thiophene rings is 1. The molecule has 20 heavy (non-hydrogen) atoms. The molecule has 1 aromatic heterocycles. The van der Waals surface area contributed by atoms with Gasteiger partial charge in [-0.05, 0) is 18.0 Å². The van der Waals surface area contributed by atoms with E-state index in [9.17, 15) is 8.42 Å². The van der Waals surface area contributed by atoms with Crippen LogP contribution in [0.5, 0.6) is 0 Å². The first-order valence-electron chi connectivity index (χ1n) is 6.59. The summed E-state index contributed by atoms with van der Waals surface area (Å²) >= 11 is 5.25. The van der Waals surface area contributed by atoms with Gasteiger partial charge in [0.25, 0.3) is 0 Å². The SMILES string of the molecule is CCNCc1sccc1S(=O)(=O)NCC1CSCCS1. The highest BCUT2D eigenvalue weighted by molar-refractivity contribution is 8.06. The van der Waals surface area contributed by atoms with E-state index in [0.29, 0.717) is 23.2 Å². The molecule has 1 fully saturated rings. The van der Waals surface area contributed by atoms with Crippen LogP contribution in [0.2, 0.25) is 0 Å². The van der Waals surface area contributed by atoms with E-state index in [1.54, 1.807) is 6.07 Å². The number of hydrogen-bond donors (Lipinski definition) is 2. The average Bonchev–Trinajstić information content (AvgIpc) is 2.93. The fourth-order valence-electron chi connectivity index (χ4n) is 1.87. The van der Waals surface area contributed by atoms with Crippen LogP contribution in [0.4, 0.5) is 0 Å². The smallest absolute Gasteiger partial charge is 0.241 e. The number of nitrogens with one attached hydrogen (secondary N) is 2. The Balaban J connectivity index is 1.97. The predicted octanol–water partition coefficient (Wildman–Crippen LogP) is 1.98. The van der Waals surface area contributed by atoms with Crippen molar-refractivity contribution >= 4 is 44.9 Å². The van der Waals surface area contributed by atoms with Gasteiger partial charge in [-0.25, -0.2) is 13.1 Å². The number of hydrogen-bond acceptors (Lipinski definition) is 6. The molecule has 114 valence electrons. The van der Waals surface area contributed by atoms with Gasteiger partial charge < -0.3 is 5.32 Å². The first-order valence-corrected chi connectivity index (χ1v) is 11.2. The van der Waals surface area contributed by atoms with E-state index < -0.39 is 10.0 Å². The molecular weight excluding hydrogens is 332 g/mol. The first kappa shape index (κ1) is 16.6. The van der Waals surface area contributed by atoms with Crippen LogP contribution in [0, 0.1) is 0 Å². The molecule has 1 aromatic rings. The maximum Gasteiger partial charge on any atom is 0.241 e. The Bertz CT molecular complexity index is 509. The Hall–Kier alpha value is 0.270. The standard InChI is InChI=1S/C12H20N2O2S4/c1-2-13-8-11-12(3-4-19-11)20(15,16)14-7-10-9-17-5-6-18-10/h3-4,10,13-14H,2,5-9H2,1H3. The summed E-state index contributed by atoms with van der Waals surface area (Å²) in [5, 5.41) is 5.41. The molecule has 1 unspecified atom stereocenters. The van der Waals surface area contributed by atoms with Gasteiger partial charge in [0.2, 0.25) is 10.0 Å². The summed E-state index contributed by atoms with van der Waals surface area (Å²) < 4.78 is 27.5. The largest absolute Gasteiger partial charge is 0.312 e. The van der Waals surface area contributed by atoms with Gasteiger partial charge in [0.1, 0.15) is 0 Å². The van der Waals surface area contributed by atoms with E-state index in [4.69, 9.17) is 0 Å². The summed E-state index contributed by atoms with van der Waals surface area (Å²) in [6, 6.07) is 1.70. The zero-order chi connectivity index (χ0) is 14.4. The van der Waals surface area contributed by atoms with Crippen LogP contribution < -0.4 is 10.0 Å². The molecule has 1 aliphatic rings. The lowest BCUT2D eigenvalue weighted by molar-refractivity contribution is 0.580. The zero-order valence-electron chi connectivity index (χ0n) is 11.4. The summed E-state index contributed by atoms with van der Waals surface area (Å²) in [6.45, 7) is 3.98. The number of rotatable bonds is 7. The summed E-state index contributed by atoms with van der Waals surface area (Å²) in [7, 11) is -3.38. The summed E-state index contributed by atoms with van der Waals surface area (Å²) in [5.41, 5.74) is 0. The molecule has 2 heterocycles. The highest BCUT2D eigenvalue weighted by Crippen LogP contribution is 2.25. The van der Waals surface area contributed by atoms with Gasteiger partial charge >= 0.3 is 0 Å². The highest BCUT2D eigenvalue weighted by atomic mass is 32.2. The van der Waals surface area contributed by atoms with E-state index in [0.717, 1.165) is 22.9 Å². The summed E-state index contributed by atoms with van der Waals surface area (Å²) in [4.78, 5) is 1.31. The van der Waals surface area contributed by atoms with Crippen LogP contribution in [0.3, 0.4) is 0 Å². The van der Waals surface area contributed by atoms with Crippen LogP contribution >= 0.6 is 34.9 Å². The van der Waals surface area contributed by atoms with Crippen LogP contribution in [-0.4, -0.2) is 44.0 Å². The molecule has 0 bridgehead atoms. The Labute approximate surface area is 133 Å². The lowest BCUT2D eigenvalue weighted by Gasteiger charge is -2.21. The van der Waals surface area contributed by atoms with Gasteiger partial charge in [-0.2, -0.15) is 23.5 Å². The van der Waals surface area contributed by atoms with Crippen molar-refractivity contribution in [1.82, 2.24) is 10.0 Å². The van der Waals surface area contributed by atoms with Gasteiger partial charge in [0.15, 0.2) is 0 Å². The minimum atomic E-state index is -3.38. The molecule has 0 saturated carbocycles. The molecule has 0 aliphatic carbocycles. The third kappa shape index (κ3) is 4.64. The fraction of sp³-hybridized carbons (Fsp3) is 0.667. The number of thioether (sulfide) groups is 2. The van der Waals surface area contributed by atoms with Gasteiger partial charge in [0.05, 0.1) is 4.90 Å². The van der Waals surface area contributed by atoms with Crippen molar-refractivity contribution in [2.24, 2.45) is 0 Å². The van der Waals surface area contributed by atoms with Gasteiger partial charge in [0, 0.05) is 40.5 Å². The van der Waals surface area contributed by atoms with E-state index in [-0.39, 0.29) is 0 Å². The van der Waals surface area contributed by atoms with Crippen LogP contribution in [0.1, 0.15) is 11.8 Å². The topological polar surface area (TPSA) is 58.2 Å². The maximum absolute atomic E-state index is 12.4. The van der Waals surface area contributed by atoms with Crippen LogP contribution in [0.15, 0.2) is 16.3 Å². The monoisotopic (exact) mass is 352 g/mol. The van der Waals surface area contributed by atoms with Crippen molar-refractivity contribution in [1.29, 1.82) is 0 Å². The quantitative estimate of drug-likeness (QED) is 0.786. The third-order valence-electron chi connectivity index (χ3n) is 2.92. The molecule has 0 amide bonds. The lowest BCUT2D eigenvalue weighted by Crippen LogP contribution is -2.33. The van der Waals surface area contributed by atoms with E-state index in [2.05, 4.69) is 10.0 Å². The molecule has 4 nitrogen and oxygen atoms in total. The average molecular weight is 353 g/mol. The highest BCUT2D eigenvalue weighted by Gasteiger charge is 2.22. The normalized spacial score (nSPS) is 20.1. The molecule has 0 spiro atoms. The molecular formula is C12H20N2O2S4. The van der Waals surface area contributed by atoms with Crippen LogP contribution in [0.25, 0.3) is 0 Å². The third-order valence-corrected chi connectivity index (χ3v) is 8.32. The van der Waals surface area contributed by atoms with E-state index in [1.807, 2.05) is 35.8 Å². The van der Waals surface area contributed by atoms with E-state index >= 15 is 0 Å². The Morgan fingerprint density at radius 3 is 2.95 bits per heavy atom. The van der Waals surface area contributed by atoms with Crippen molar-refractivity contribution in [2.75, 3.05) is 30.3 Å². The Morgan fingerprint density at radius 1 is 1.40 bits per heavy atom. The van der Waals surface area contributed by atoms with Crippen molar-refractivity contribution < 1.29 is 8.42 Å². The molecule has 1 aliphatic heterocycles. The van der Waals surface area contributed by atoms with Gasteiger partial charge in [-0.1, -0.05) is 6.92 Å². The molecule has 1 saturated heterocycles. The maximum atomic E-state index is 12.4. The van der Waals surface area contributed by atoms with Crippen molar-refractivity contribution in [2.45, 2.75) is 23.6 Å². The minimum Gasteiger partial charge on any atom is -0.312 e. The second-order valence-corrected chi connectivity index (χ2v) is 9.70. The van der Waals surface area contributed by atoms with Crippen molar-refractivity contribution in [3.63, 3.8) is 0 Å². The summed E-state index contributed by atoms with van der Waals surface area (Å²) in [5.74, 6) is 3.31. The molecule has 0 aromatic carbocycles. The molecule has 2 rings (SSSR count). The van der Waals surface area contributed by atoms with Crippen molar-refractivity contribution in [3.05, 3.63) is 16.3 Å². The van der Waals surface area contributed by atoms with Gasteiger partial charge in [-0.3, -0.25) is 0 Å². The minimum absolute atomic E-state index is 0.388. The second-order valence-electron chi connectivity index (χ2n) is 4.41. The number of sulfonamides is 1. The molecule has 0 radical (unpaired) electrons. The second kappa shape index (κ2) is 8.05. The molecule has 2 N–H and O–H groups in total. The van der Waals surface area contributed by atoms with E-state index in [1.165, 1.54) is 17.1 Å². The van der Waals surface area contributed by atoms with Crippen molar-refractivity contribution in [3.8, 4) is 0 Å². The lowest BCUT2D eigenvalue weighted by atomic mass is 10.4. The van der Waals surface area contributed by atoms with Crippen LogP contribution in [-0.2, 0) is 16.6 Å². The molecule has 8 heteroatoms. The predicted molar refractivity (Wildman–Crippen MR) is 90.5 cm³/mol. The zero-order valence-corrected chi connectivity index (χ0v) is 14.7. The Morgan fingerprint density at radius 2 is 2.25 bits per heavy atom. The summed E-state index contributed by atoms with van der Waals surface area (Å²) in [6.07, 6.45) is 0. The Kier molecular flexibility index (Phi) is 6.70.